The van der Waals surface area contributed by atoms with Gasteiger partial charge in [0.2, 0.25) is 5.75 Å². The number of methoxy groups -OCH3 is 1. The fourth-order valence-electron chi connectivity index (χ4n) is 1.28. The fraction of sp³-hybridized carbons (Fsp3) is 0.400. The maximum Gasteiger partial charge on any atom is 0.200 e. The highest BCUT2D eigenvalue weighted by Gasteiger charge is 2.11. The van der Waals surface area contributed by atoms with Gasteiger partial charge >= 0.3 is 0 Å². The first-order valence-corrected chi connectivity index (χ1v) is 4.55. The van der Waals surface area contributed by atoms with Crippen molar-refractivity contribution in [3.05, 3.63) is 17.7 Å². The summed E-state index contributed by atoms with van der Waals surface area (Å²) in [5.41, 5.74) is 5.92. The van der Waals surface area contributed by atoms with Gasteiger partial charge in [-0.1, -0.05) is 0 Å². The SMILES string of the molecule is COc1cc(CC(O)CN)cc(O)c1O. The molecule has 0 amide bonds. The van der Waals surface area contributed by atoms with Crippen molar-refractivity contribution in [1.29, 1.82) is 0 Å². The van der Waals surface area contributed by atoms with Gasteiger partial charge in [-0.3, -0.25) is 0 Å². The Morgan fingerprint density at radius 1 is 1.40 bits per heavy atom. The van der Waals surface area contributed by atoms with Crippen molar-refractivity contribution in [3.8, 4) is 17.2 Å². The lowest BCUT2D eigenvalue weighted by Crippen LogP contribution is -2.21. The monoisotopic (exact) mass is 213 g/mol. The molecule has 1 aromatic carbocycles. The maximum absolute atomic E-state index is 9.35. The van der Waals surface area contributed by atoms with Crippen LogP contribution in [0.1, 0.15) is 5.56 Å². The molecule has 1 aromatic rings. The number of ether oxygens (including phenoxy) is 1. The lowest BCUT2D eigenvalue weighted by molar-refractivity contribution is 0.183. The molecule has 1 unspecified atom stereocenters. The zero-order valence-corrected chi connectivity index (χ0v) is 8.47. The van der Waals surface area contributed by atoms with Crippen molar-refractivity contribution >= 4 is 0 Å². The summed E-state index contributed by atoms with van der Waals surface area (Å²) in [6, 6.07) is 2.92. The van der Waals surface area contributed by atoms with Crippen molar-refractivity contribution in [2.45, 2.75) is 12.5 Å². The van der Waals surface area contributed by atoms with Crippen LogP contribution in [-0.4, -0.2) is 35.1 Å². The largest absolute Gasteiger partial charge is 0.504 e. The van der Waals surface area contributed by atoms with Crippen molar-refractivity contribution in [1.82, 2.24) is 0 Å². The molecule has 0 aromatic heterocycles. The van der Waals surface area contributed by atoms with Gasteiger partial charge in [0.15, 0.2) is 11.5 Å². The summed E-state index contributed by atoms with van der Waals surface area (Å²) in [6.45, 7) is 0.143. The van der Waals surface area contributed by atoms with E-state index in [4.69, 9.17) is 10.5 Å². The minimum absolute atomic E-state index is 0.143. The summed E-state index contributed by atoms with van der Waals surface area (Å²) in [4.78, 5) is 0. The Labute approximate surface area is 87.7 Å². The van der Waals surface area contributed by atoms with E-state index in [1.165, 1.54) is 13.2 Å². The first-order chi connectivity index (χ1) is 7.08. The number of aliphatic hydroxyl groups is 1. The highest BCUT2D eigenvalue weighted by molar-refractivity contribution is 5.52. The molecule has 0 heterocycles. The van der Waals surface area contributed by atoms with E-state index < -0.39 is 6.10 Å². The van der Waals surface area contributed by atoms with Crippen LogP contribution in [-0.2, 0) is 6.42 Å². The van der Waals surface area contributed by atoms with Gasteiger partial charge in [-0.25, -0.2) is 0 Å². The van der Waals surface area contributed by atoms with Gasteiger partial charge in [-0.05, 0) is 24.1 Å². The number of phenols is 2. The molecule has 1 rings (SSSR count). The van der Waals surface area contributed by atoms with Gasteiger partial charge in [0.25, 0.3) is 0 Å². The van der Waals surface area contributed by atoms with Gasteiger partial charge in [-0.2, -0.15) is 0 Å². The van der Waals surface area contributed by atoms with E-state index in [0.29, 0.717) is 12.0 Å². The standard InChI is InChI=1S/C10H15NO4/c1-15-9-4-6(2-7(12)5-11)3-8(13)10(9)14/h3-4,7,12-14H,2,5,11H2,1H3. The van der Waals surface area contributed by atoms with Crippen LogP contribution in [0.4, 0.5) is 0 Å². The van der Waals surface area contributed by atoms with Crippen LogP contribution >= 0.6 is 0 Å². The average molecular weight is 213 g/mol. The van der Waals surface area contributed by atoms with Crippen LogP contribution in [0.2, 0.25) is 0 Å². The van der Waals surface area contributed by atoms with Crippen LogP contribution in [0.3, 0.4) is 0 Å². The van der Waals surface area contributed by atoms with Crippen molar-refractivity contribution in [2.24, 2.45) is 5.73 Å². The molecule has 0 saturated carbocycles. The summed E-state index contributed by atoms with van der Waals surface area (Å²) in [7, 11) is 1.39. The van der Waals surface area contributed by atoms with Crippen molar-refractivity contribution in [2.75, 3.05) is 13.7 Å². The first kappa shape index (κ1) is 11.6. The molecule has 0 radical (unpaired) electrons. The summed E-state index contributed by atoms with van der Waals surface area (Å²) >= 11 is 0. The third-order valence-electron chi connectivity index (χ3n) is 2.08. The predicted molar refractivity (Wildman–Crippen MR) is 55.1 cm³/mol. The molecule has 0 aliphatic rings. The van der Waals surface area contributed by atoms with Gasteiger partial charge in [0.05, 0.1) is 13.2 Å². The molecule has 5 nitrogen and oxygen atoms in total. The minimum Gasteiger partial charge on any atom is -0.504 e. The summed E-state index contributed by atoms with van der Waals surface area (Å²) in [5, 5.41) is 28.0. The van der Waals surface area contributed by atoms with E-state index >= 15 is 0 Å². The Morgan fingerprint density at radius 3 is 2.60 bits per heavy atom. The molecule has 0 saturated heterocycles. The molecular weight excluding hydrogens is 198 g/mol. The highest BCUT2D eigenvalue weighted by Crippen LogP contribution is 2.36. The number of hydrogen-bond acceptors (Lipinski definition) is 5. The molecule has 1 atom stereocenters. The van der Waals surface area contributed by atoms with Gasteiger partial charge in [-0.15, -0.1) is 0 Å². The van der Waals surface area contributed by atoms with E-state index in [9.17, 15) is 15.3 Å². The van der Waals surface area contributed by atoms with Crippen LogP contribution in [0, 0.1) is 0 Å². The lowest BCUT2D eigenvalue weighted by atomic mass is 10.1. The number of hydrogen-bond donors (Lipinski definition) is 4. The first-order valence-electron chi connectivity index (χ1n) is 4.55. The molecule has 84 valence electrons. The van der Waals surface area contributed by atoms with E-state index in [1.807, 2.05) is 0 Å². The van der Waals surface area contributed by atoms with Crippen LogP contribution in [0.25, 0.3) is 0 Å². The number of phenolic OH excluding ortho intramolecular Hbond substituents is 2. The molecule has 0 bridgehead atoms. The quantitative estimate of drug-likeness (QED) is 0.527. The number of aromatic hydroxyl groups is 2. The van der Waals surface area contributed by atoms with Crippen LogP contribution in [0.5, 0.6) is 17.2 Å². The molecule has 0 aliphatic heterocycles. The molecule has 0 spiro atoms. The normalized spacial score (nSPS) is 12.5. The smallest absolute Gasteiger partial charge is 0.200 e. The molecule has 5 heteroatoms. The Bertz CT molecular complexity index is 340. The third kappa shape index (κ3) is 2.74. The molecular formula is C10H15NO4. The summed E-state index contributed by atoms with van der Waals surface area (Å²) in [6.07, 6.45) is -0.362. The fourth-order valence-corrected chi connectivity index (χ4v) is 1.28. The Kier molecular flexibility index (Phi) is 3.76. The van der Waals surface area contributed by atoms with Gasteiger partial charge in [0.1, 0.15) is 0 Å². The van der Waals surface area contributed by atoms with Crippen LogP contribution < -0.4 is 10.5 Å². The van der Waals surface area contributed by atoms with Gasteiger partial charge in [0, 0.05) is 6.54 Å². The zero-order chi connectivity index (χ0) is 11.4. The lowest BCUT2D eigenvalue weighted by Gasteiger charge is -2.11. The van der Waals surface area contributed by atoms with Gasteiger partial charge < -0.3 is 25.8 Å². The number of nitrogens with two attached hydrogens (primary N) is 1. The van der Waals surface area contributed by atoms with E-state index in [1.54, 1.807) is 6.07 Å². The Morgan fingerprint density at radius 2 is 2.07 bits per heavy atom. The number of benzene rings is 1. The average Bonchev–Trinajstić information content (AvgIpc) is 2.22. The second-order valence-corrected chi connectivity index (χ2v) is 3.26. The molecule has 0 aliphatic carbocycles. The Hall–Kier alpha value is -1.46. The van der Waals surface area contributed by atoms with Crippen molar-refractivity contribution in [3.63, 3.8) is 0 Å². The minimum atomic E-state index is -0.668. The van der Waals surface area contributed by atoms with Crippen molar-refractivity contribution < 1.29 is 20.1 Å². The predicted octanol–water partition coefficient (Wildman–Crippen LogP) is -0.0315. The molecule has 15 heavy (non-hydrogen) atoms. The second-order valence-electron chi connectivity index (χ2n) is 3.26. The highest BCUT2D eigenvalue weighted by atomic mass is 16.5. The summed E-state index contributed by atoms with van der Waals surface area (Å²) in [5.74, 6) is -0.397. The van der Waals surface area contributed by atoms with E-state index in [-0.39, 0.29) is 23.8 Å². The molecule has 5 N–H and O–H groups in total. The topological polar surface area (TPSA) is 95.9 Å². The maximum atomic E-state index is 9.35. The van der Waals surface area contributed by atoms with E-state index in [2.05, 4.69) is 0 Å². The van der Waals surface area contributed by atoms with E-state index in [0.717, 1.165) is 0 Å². The number of aliphatic hydroxyl groups excluding tert-OH is 1. The summed E-state index contributed by atoms with van der Waals surface area (Å²) < 4.78 is 4.86. The number of rotatable bonds is 4. The second kappa shape index (κ2) is 4.86. The Balaban J connectivity index is 2.95. The molecule has 0 fully saturated rings. The third-order valence-corrected chi connectivity index (χ3v) is 2.08. The van der Waals surface area contributed by atoms with Crippen LogP contribution in [0.15, 0.2) is 12.1 Å². The zero-order valence-electron chi connectivity index (χ0n) is 8.47.